The second kappa shape index (κ2) is 6.55. The Morgan fingerprint density at radius 2 is 2.16 bits per heavy atom. The number of ether oxygens (including phenoxy) is 1. The van der Waals surface area contributed by atoms with Crippen molar-refractivity contribution in [2.45, 2.75) is 25.9 Å². The summed E-state index contributed by atoms with van der Waals surface area (Å²) in [4.78, 5) is 14.7. The lowest BCUT2D eigenvalue weighted by Crippen LogP contribution is -2.44. The molecule has 0 aromatic carbocycles. The largest absolute Gasteiger partial charge is 0.471 e. The lowest BCUT2D eigenvalue weighted by atomic mass is 10.1. The predicted octanol–water partition coefficient (Wildman–Crippen LogP) is 2.72. The van der Waals surface area contributed by atoms with Gasteiger partial charge in [-0.3, -0.25) is 4.79 Å². The van der Waals surface area contributed by atoms with Gasteiger partial charge in [-0.25, -0.2) is 0 Å². The van der Waals surface area contributed by atoms with E-state index in [2.05, 4.69) is 10.2 Å². The van der Waals surface area contributed by atoms with Gasteiger partial charge >= 0.3 is 0 Å². The Balaban J connectivity index is 1.46. The number of carbonyl (C=O) groups is 1. The summed E-state index contributed by atoms with van der Waals surface area (Å²) in [7, 11) is 0. The first-order chi connectivity index (χ1) is 12.2. The molecule has 0 radical (unpaired) electrons. The van der Waals surface area contributed by atoms with Crippen LogP contribution in [0.15, 0.2) is 48.8 Å². The highest BCUT2D eigenvalue weighted by Crippen LogP contribution is 2.19. The zero-order valence-corrected chi connectivity index (χ0v) is 14.1. The van der Waals surface area contributed by atoms with E-state index < -0.39 is 0 Å². The van der Waals surface area contributed by atoms with Gasteiger partial charge in [-0.1, -0.05) is 6.07 Å². The quantitative estimate of drug-likeness (QED) is 0.738. The van der Waals surface area contributed by atoms with E-state index in [1.165, 1.54) is 0 Å². The fourth-order valence-electron chi connectivity index (χ4n) is 3.19. The van der Waals surface area contributed by atoms with Gasteiger partial charge in [0.2, 0.25) is 5.88 Å². The van der Waals surface area contributed by atoms with Gasteiger partial charge in [0.1, 0.15) is 6.10 Å². The summed E-state index contributed by atoms with van der Waals surface area (Å²) in [6.07, 6.45) is 5.62. The molecule has 0 saturated carbocycles. The van der Waals surface area contributed by atoms with Gasteiger partial charge in [0.25, 0.3) is 5.91 Å². The summed E-state index contributed by atoms with van der Waals surface area (Å²) in [6, 6.07) is 11.5. The Labute approximate surface area is 146 Å². The average Bonchev–Trinajstić information content (AvgIpc) is 3.07. The zero-order chi connectivity index (χ0) is 17.2. The number of fused-ring (bicyclic) bond motifs is 1. The fraction of sp³-hybridized carbons (Fsp3) is 0.316. The van der Waals surface area contributed by atoms with Crippen molar-refractivity contribution in [2.24, 2.45) is 0 Å². The number of amides is 1. The van der Waals surface area contributed by atoms with Crippen molar-refractivity contribution in [3.8, 4) is 5.88 Å². The first-order valence-corrected chi connectivity index (χ1v) is 8.52. The summed E-state index contributed by atoms with van der Waals surface area (Å²) in [6.45, 7) is 3.21. The zero-order valence-electron chi connectivity index (χ0n) is 14.1. The van der Waals surface area contributed by atoms with Crippen LogP contribution in [0.4, 0.5) is 0 Å². The molecule has 128 valence electrons. The van der Waals surface area contributed by atoms with Crippen LogP contribution < -0.4 is 4.74 Å². The molecule has 3 aromatic rings. The molecule has 0 unspecified atom stereocenters. The third kappa shape index (κ3) is 3.33. The monoisotopic (exact) mass is 336 g/mol. The molecular formula is C19H20N4O2. The van der Waals surface area contributed by atoms with Crippen molar-refractivity contribution >= 4 is 11.4 Å². The lowest BCUT2D eigenvalue weighted by molar-refractivity contribution is 0.0525. The van der Waals surface area contributed by atoms with Gasteiger partial charge in [-0.15, -0.1) is 5.10 Å². The Kier molecular flexibility index (Phi) is 4.09. The van der Waals surface area contributed by atoms with Crippen LogP contribution in [0, 0.1) is 6.92 Å². The van der Waals surface area contributed by atoms with Gasteiger partial charge < -0.3 is 14.0 Å². The van der Waals surface area contributed by atoms with Crippen LogP contribution in [-0.2, 0) is 0 Å². The molecule has 0 N–H and O–H groups in total. The number of piperidine rings is 1. The van der Waals surface area contributed by atoms with E-state index in [1.54, 1.807) is 0 Å². The molecular weight excluding hydrogens is 316 g/mol. The van der Waals surface area contributed by atoms with Crippen LogP contribution in [-0.4, -0.2) is 44.6 Å². The number of nitrogens with zero attached hydrogens (tertiary/aromatic N) is 4. The van der Waals surface area contributed by atoms with Crippen molar-refractivity contribution in [3.05, 3.63) is 60.0 Å². The molecule has 6 nitrogen and oxygen atoms in total. The minimum atomic E-state index is -0.0493. The Hall–Kier alpha value is -2.89. The second-order valence-corrected chi connectivity index (χ2v) is 6.41. The molecule has 0 bridgehead atoms. The molecule has 1 saturated heterocycles. The van der Waals surface area contributed by atoms with Crippen LogP contribution in [0.1, 0.15) is 28.9 Å². The summed E-state index contributed by atoms with van der Waals surface area (Å²) >= 11 is 0. The number of likely N-dealkylation sites (tertiary alicyclic amines) is 1. The van der Waals surface area contributed by atoms with Crippen molar-refractivity contribution in [1.82, 2.24) is 19.5 Å². The molecule has 1 amide bonds. The third-order valence-electron chi connectivity index (χ3n) is 4.48. The van der Waals surface area contributed by atoms with Gasteiger partial charge in [-0.05, 0) is 44.0 Å². The van der Waals surface area contributed by atoms with E-state index in [0.717, 1.165) is 30.6 Å². The van der Waals surface area contributed by atoms with E-state index in [9.17, 15) is 4.79 Å². The maximum absolute atomic E-state index is 12.8. The summed E-state index contributed by atoms with van der Waals surface area (Å²) in [5, 5.41) is 8.06. The molecule has 3 aromatic heterocycles. The summed E-state index contributed by atoms with van der Waals surface area (Å²) in [5.74, 6) is 0.562. The van der Waals surface area contributed by atoms with Gasteiger partial charge in [0.05, 0.1) is 17.8 Å². The normalized spacial score (nSPS) is 17.6. The summed E-state index contributed by atoms with van der Waals surface area (Å²) < 4.78 is 7.88. The molecule has 6 heteroatoms. The van der Waals surface area contributed by atoms with Crippen molar-refractivity contribution in [2.75, 3.05) is 13.1 Å². The number of carbonyl (C=O) groups excluding carboxylic acids is 1. The maximum Gasteiger partial charge on any atom is 0.255 e. The molecule has 1 atom stereocenters. The molecule has 1 aliphatic rings. The highest BCUT2D eigenvalue weighted by Gasteiger charge is 2.26. The highest BCUT2D eigenvalue weighted by atomic mass is 16.5. The Morgan fingerprint density at radius 3 is 2.96 bits per heavy atom. The Bertz CT molecular complexity index is 855. The SMILES string of the molecule is Cc1ccc(O[C@H]2CCCN(C(=O)c3cc4ccccn4c3)C2)nn1. The minimum Gasteiger partial charge on any atom is -0.471 e. The van der Waals surface area contributed by atoms with Gasteiger partial charge in [0, 0.05) is 30.5 Å². The molecule has 4 heterocycles. The van der Waals surface area contributed by atoms with Crippen molar-refractivity contribution in [1.29, 1.82) is 0 Å². The fourth-order valence-corrected chi connectivity index (χ4v) is 3.19. The van der Waals surface area contributed by atoms with Gasteiger partial charge in [0.15, 0.2) is 0 Å². The van der Waals surface area contributed by atoms with Crippen LogP contribution in [0.3, 0.4) is 0 Å². The number of rotatable bonds is 3. The summed E-state index contributed by atoms with van der Waals surface area (Å²) in [5.41, 5.74) is 2.58. The van der Waals surface area contributed by atoms with E-state index in [1.807, 2.05) is 65.0 Å². The minimum absolute atomic E-state index is 0.0481. The van der Waals surface area contributed by atoms with E-state index in [0.29, 0.717) is 18.0 Å². The standard InChI is InChI=1S/C19H20N4O2/c1-14-7-8-18(21-20-14)25-17-6-4-10-23(13-17)19(24)15-11-16-5-2-3-9-22(16)12-15/h2-3,5,7-9,11-12,17H,4,6,10,13H2,1H3/t17-/m0/s1. The highest BCUT2D eigenvalue weighted by molar-refractivity contribution is 5.95. The molecule has 4 rings (SSSR count). The van der Waals surface area contributed by atoms with Crippen LogP contribution in [0.25, 0.3) is 5.52 Å². The third-order valence-corrected chi connectivity index (χ3v) is 4.48. The Morgan fingerprint density at radius 1 is 1.24 bits per heavy atom. The number of aryl methyl sites for hydroxylation is 1. The van der Waals surface area contributed by atoms with Gasteiger partial charge in [-0.2, -0.15) is 5.10 Å². The lowest BCUT2D eigenvalue weighted by Gasteiger charge is -2.32. The van der Waals surface area contributed by atoms with E-state index in [-0.39, 0.29) is 12.0 Å². The molecule has 0 spiro atoms. The van der Waals surface area contributed by atoms with E-state index in [4.69, 9.17) is 4.74 Å². The number of aromatic nitrogens is 3. The molecule has 0 aliphatic carbocycles. The first-order valence-electron chi connectivity index (χ1n) is 8.52. The molecule has 1 aliphatic heterocycles. The number of hydrogen-bond donors (Lipinski definition) is 0. The number of pyridine rings is 1. The number of hydrogen-bond acceptors (Lipinski definition) is 4. The molecule has 1 fully saturated rings. The van der Waals surface area contributed by atoms with E-state index >= 15 is 0 Å². The van der Waals surface area contributed by atoms with Crippen LogP contribution >= 0.6 is 0 Å². The van der Waals surface area contributed by atoms with Crippen molar-refractivity contribution < 1.29 is 9.53 Å². The van der Waals surface area contributed by atoms with Crippen molar-refractivity contribution in [3.63, 3.8) is 0 Å². The molecule has 25 heavy (non-hydrogen) atoms. The predicted molar refractivity (Wildman–Crippen MR) is 93.7 cm³/mol. The van der Waals surface area contributed by atoms with Crippen LogP contribution in [0.2, 0.25) is 0 Å². The second-order valence-electron chi connectivity index (χ2n) is 6.41. The van der Waals surface area contributed by atoms with Crippen LogP contribution in [0.5, 0.6) is 5.88 Å². The smallest absolute Gasteiger partial charge is 0.255 e. The topological polar surface area (TPSA) is 59.7 Å². The average molecular weight is 336 g/mol. The first kappa shape index (κ1) is 15.6. The maximum atomic E-state index is 12.8.